The molecule has 0 aliphatic carbocycles. The zero-order valence-corrected chi connectivity index (χ0v) is 26.7. The normalized spacial score (nSPS) is 12.0. The molecule has 0 aliphatic rings. The lowest BCUT2D eigenvalue weighted by atomic mass is 9.97. The van der Waals surface area contributed by atoms with Gasteiger partial charge >= 0.3 is 11.9 Å². The largest absolute Gasteiger partial charge is 0.491 e. The first kappa shape index (κ1) is 33.6. The van der Waals surface area contributed by atoms with Crippen LogP contribution >= 0.6 is 12.1 Å². The van der Waals surface area contributed by atoms with Crippen molar-refractivity contribution in [3.8, 4) is 11.5 Å². The van der Waals surface area contributed by atoms with Gasteiger partial charge in [0.25, 0.3) is 0 Å². The Morgan fingerprint density at radius 3 is 1.49 bits per heavy atom. The lowest BCUT2D eigenvalue weighted by Crippen LogP contribution is -2.23. The highest BCUT2D eigenvalue weighted by atomic mass is 32.2. The average Bonchev–Trinajstić information content (AvgIpc) is 2.97. The van der Waals surface area contributed by atoms with Crippen LogP contribution in [0.2, 0.25) is 0 Å². The Balaban J connectivity index is 1.43. The van der Waals surface area contributed by atoms with E-state index in [9.17, 15) is 23.1 Å². The van der Waals surface area contributed by atoms with E-state index in [1.54, 1.807) is 77.9 Å². The number of esters is 2. The number of benzene rings is 2. The molecule has 12 heteroatoms. The Morgan fingerprint density at radius 2 is 1.13 bits per heavy atom. The van der Waals surface area contributed by atoms with Gasteiger partial charge in [0.1, 0.15) is 76.6 Å². The van der Waals surface area contributed by atoms with Gasteiger partial charge in [-0.3, -0.25) is 19.2 Å². The van der Waals surface area contributed by atoms with Crippen molar-refractivity contribution in [1.82, 2.24) is 0 Å². The number of halogens is 1. The molecule has 2 heterocycles. The van der Waals surface area contributed by atoms with Gasteiger partial charge in [-0.15, -0.1) is 0 Å². The second-order valence-corrected chi connectivity index (χ2v) is 13.2. The van der Waals surface area contributed by atoms with Crippen LogP contribution in [-0.2, 0) is 32.3 Å². The second-order valence-electron chi connectivity index (χ2n) is 12.4. The molecular formula is C33H35FO10S. The Hall–Kier alpha value is -4.32. The van der Waals surface area contributed by atoms with Crippen molar-refractivity contribution in [3.05, 3.63) is 80.5 Å². The lowest BCUT2D eigenvalue weighted by Gasteiger charge is -2.17. The fraction of sp³-hybridized carbons (Fsp3) is 0.394. The SMILES string of the molecule is CC(C)(C)C(=O)OCc1cc(=O)c2c(OCC(COc3cccc4oc(COC(=O)C(C)(C)C)cc(=O)c34)SF)cccc2o1. The summed E-state index contributed by atoms with van der Waals surface area (Å²) in [7, 11) is 0. The topological polar surface area (TPSA) is 131 Å². The number of rotatable bonds is 11. The van der Waals surface area contributed by atoms with Crippen molar-refractivity contribution < 1.29 is 41.3 Å². The van der Waals surface area contributed by atoms with E-state index in [-0.39, 0.29) is 83.5 Å². The van der Waals surface area contributed by atoms with Gasteiger partial charge in [0.2, 0.25) is 0 Å². The van der Waals surface area contributed by atoms with Gasteiger partial charge in [-0.1, -0.05) is 12.1 Å². The van der Waals surface area contributed by atoms with E-state index in [0.717, 1.165) is 0 Å². The van der Waals surface area contributed by atoms with E-state index < -0.39 is 38.9 Å². The maximum atomic E-state index is 13.9. The van der Waals surface area contributed by atoms with Crippen LogP contribution in [0, 0.1) is 10.8 Å². The first-order valence-electron chi connectivity index (χ1n) is 14.2. The Morgan fingerprint density at radius 1 is 0.733 bits per heavy atom. The molecule has 0 radical (unpaired) electrons. The summed E-state index contributed by atoms with van der Waals surface area (Å²) < 4.78 is 47.6. The Bertz CT molecular complexity index is 1680. The maximum absolute atomic E-state index is 13.9. The minimum atomic E-state index is -0.832. The van der Waals surface area contributed by atoms with Crippen molar-refractivity contribution in [2.75, 3.05) is 13.2 Å². The molecule has 0 saturated carbocycles. The van der Waals surface area contributed by atoms with Crippen LogP contribution in [0.15, 0.2) is 67.0 Å². The van der Waals surface area contributed by atoms with Gasteiger partial charge in [-0.25, -0.2) is 0 Å². The van der Waals surface area contributed by atoms with E-state index in [0.29, 0.717) is 0 Å². The second kappa shape index (κ2) is 13.8. The molecule has 0 amide bonds. The van der Waals surface area contributed by atoms with Crippen molar-refractivity contribution in [1.29, 1.82) is 0 Å². The van der Waals surface area contributed by atoms with Crippen molar-refractivity contribution in [3.63, 3.8) is 0 Å². The van der Waals surface area contributed by atoms with Crippen LogP contribution in [0.3, 0.4) is 0 Å². The first-order chi connectivity index (χ1) is 21.2. The smallest absolute Gasteiger partial charge is 0.311 e. The molecule has 0 spiro atoms. The molecule has 2 aromatic heterocycles. The van der Waals surface area contributed by atoms with Crippen LogP contribution in [0.25, 0.3) is 21.9 Å². The van der Waals surface area contributed by atoms with E-state index in [4.69, 9.17) is 27.8 Å². The molecule has 4 aromatic rings. The maximum Gasteiger partial charge on any atom is 0.311 e. The van der Waals surface area contributed by atoms with Gasteiger partial charge < -0.3 is 27.8 Å². The molecule has 240 valence electrons. The molecule has 0 bridgehead atoms. The molecule has 0 unspecified atom stereocenters. The zero-order valence-electron chi connectivity index (χ0n) is 25.9. The summed E-state index contributed by atoms with van der Waals surface area (Å²) in [5.41, 5.74) is -1.80. The summed E-state index contributed by atoms with van der Waals surface area (Å²) in [5, 5.41) is -0.521. The van der Waals surface area contributed by atoms with Crippen LogP contribution in [0.1, 0.15) is 53.1 Å². The van der Waals surface area contributed by atoms with Crippen LogP contribution in [0.4, 0.5) is 3.89 Å². The molecule has 4 rings (SSSR count). The Labute approximate surface area is 263 Å². The molecular weight excluding hydrogens is 607 g/mol. The summed E-state index contributed by atoms with van der Waals surface area (Å²) in [5.74, 6) is -0.163. The molecule has 0 saturated heterocycles. The van der Waals surface area contributed by atoms with Gasteiger partial charge in [0.05, 0.1) is 23.0 Å². The summed E-state index contributed by atoms with van der Waals surface area (Å²) in [4.78, 5) is 50.1. The third kappa shape index (κ3) is 8.44. The molecule has 0 aliphatic heterocycles. The highest BCUT2D eigenvalue weighted by Crippen LogP contribution is 2.28. The molecule has 2 aromatic carbocycles. The van der Waals surface area contributed by atoms with Gasteiger partial charge in [0.15, 0.2) is 10.9 Å². The third-order valence-corrected chi connectivity index (χ3v) is 6.95. The van der Waals surface area contributed by atoms with Crippen molar-refractivity contribution >= 4 is 46.0 Å². The third-order valence-electron chi connectivity index (χ3n) is 6.43. The molecule has 0 N–H and O–H groups in total. The lowest BCUT2D eigenvalue weighted by molar-refractivity contribution is -0.155. The number of ether oxygens (including phenoxy) is 4. The predicted octanol–water partition coefficient (Wildman–Crippen LogP) is 6.52. The van der Waals surface area contributed by atoms with Gasteiger partial charge in [-0.2, -0.15) is 3.89 Å². The van der Waals surface area contributed by atoms with E-state index >= 15 is 0 Å². The molecule has 0 fully saturated rings. The van der Waals surface area contributed by atoms with Crippen LogP contribution in [0.5, 0.6) is 11.5 Å². The fourth-order valence-corrected chi connectivity index (χ4v) is 4.25. The number of carbonyl (C=O) groups is 2. The molecule has 45 heavy (non-hydrogen) atoms. The van der Waals surface area contributed by atoms with E-state index in [1.807, 2.05) is 0 Å². The standard InChI is InChI=1S/C33H35FO10S/c1-32(2,3)30(37)41-15-19-13-22(35)28-24(9-7-11-26(28)43-19)39-17-21(45-34)18-40-25-10-8-12-27-29(25)23(36)14-20(44-27)16-42-31(38)33(4,5)6/h7-14,21H,15-18H2,1-6H3. The highest BCUT2D eigenvalue weighted by molar-refractivity contribution is 7.95. The monoisotopic (exact) mass is 642 g/mol. The summed E-state index contributed by atoms with van der Waals surface area (Å²) in [6, 6.07) is 12.0. The fourth-order valence-electron chi connectivity index (χ4n) is 4.01. The molecule has 0 atom stereocenters. The average molecular weight is 643 g/mol. The number of fused-ring (bicyclic) bond motifs is 2. The Kier molecular flexibility index (Phi) is 10.3. The minimum Gasteiger partial charge on any atom is -0.491 e. The van der Waals surface area contributed by atoms with Crippen LogP contribution in [-0.4, -0.2) is 30.4 Å². The number of hydrogen-bond acceptors (Lipinski definition) is 11. The van der Waals surface area contributed by atoms with E-state index in [1.165, 1.54) is 12.1 Å². The van der Waals surface area contributed by atoms with Crippen molar-refractivity contribution in [2.24, 2.45) is 10.8 Å². The van der Waals surface area contributed by atoms with Gasteiger partial charge in [0, 0.05) is 12.1 Å². The summed E-state index contributed by atoms with van der Waals surface area (Å²) in [6.07, 6.45) is 0. The predicted molar refractivity (Wildman–Crippen MR) is 167 cm³/mol. The van der Waals surface area contributed by atoms with E-state index in [2.05, 4.69) is 0 Å². The van der Waals surface area contributed by atoms with Gasteiger partial charge in [-0.05, 0) is 65.8 Å². The van der Waals surface area contributed by atoms with Crippen LogP contribution < -0.4 is 20.3 Å². The minimum absolute atomic E-state index is 0.00479. The number of carbonyl (C=O) groups excluding carboxylic acids is 2. The number of hydrogen-bond donors (Lipinski definition) is 0. The van der Waals surface area contributed by atoms with Crippen molar-refractivity contribution in [2.45, 2.75) is 60.0 Å². The first-order valence-corrected chi connectivity index (χ1v) is 14.9. The molecule has 10 nitrogen and oxygen atoms in total. The zero-order chi connectivity index (χ0) is 32.9. The summed E-state index contributed by atoms with van der Waals surface area (Å²) >= 11 is 0.00479. The summed E-state index contributed by atoms with van der Waals surface area (Å²) in [6.45, 7) is 9.54. The highest BCUT2D eigenvalue weighted by Gasteiger charge is 2.25. The quantitative estimate of drug-likeness (QED) is 0.166.